The van der Waals surface area contributed by atoms with Crippen molar-refractivity contribution in [1.29, 1.82) is 0 Å². The van der Waals surface area contributed by atoms with Crippen LogP contribution in [0.5, 0.6) is 0 Å². The lowest BCUT2D eigenvalue weighted by atomic mass is 9.91. The minimum Gasteiger partial charge on any atom is -0.0836 e. The summed E-state index contributed by atoms with van der Waals surface area (Å²) < 4.78 is 0. The highest BCUT2D eigenvalue weighted by molar-refractivity contribution is 5.95. The van der Waals surface area contributed by atoms with E-state index >= 15 is 0 Å². The fourth-order valence-corrected chi connectivity index (χ4v) is 4.11. The van der Waals surface area contributed by atoms with E-state index < -0.39 is 0 Å². The molecule has 0 N–H and O–H groups in total. The van der Waals surface area contributed by atoms with Gasteiger partial charge >= 0.3 is 0 Å². The highest BCUT2D eigenvalue weighted by atomic mass is 14.3. The Balaban J connectivity index is 1.84. The van der Waals surface area contributed by atoms with E-state index in [1.165, 1.54) is 52.7 Å². The first kappa shape index (κ1) is 10.7. The van der Waals surface area contributed by atoms with Gasteiger partial charge in [0.05, 0.1) is 0 Å². The minimum atomic E-state index is 1.10. The molecule has 0 atom stereocenters. The molecule has 3 aliphatic carbocycles. The van der Waals surface area contributed by atoms with Crippen molar-refractivity contribution < 1.29 is 0 Å². The lowest BCUT2D eigenvalue weighted by Crippen LogP contribution is -1.91. The Morgan fingerprint density at radius 1 is 0.750 bits per heavy atom. The second kappa shape index (κ2) is 3.73. The molecule has 0 heteroatoms. The molecule has 0 radical (unpaired) electrons. The maximum absolute atomic E-state index is 2.37. The highest BCUT2D eigenvalue weighted by Crippen LogP contribution is 2.48. The van der Waals surface area contributed by atoms with Gasteiger partial charge in [-0.1, -0.05) is 54.1 Å². The van der Waals surface area contributed by atoms with E-state index in [1.54, 1.807) is 11.1 Å². The third-order valence-corrected chi connectivity index (χ3v) is 5.00. The molecule has 0 aromatic heterocycles. The zero-order valence-corrected chi connectivity index (χ0v) is 11.4. The van der Waals surface area contributed by atoms with Gasteiger partial charge in [0.25, 0.3) is 0 Å². The average Bonchev–Trinajstić information content (AvgIpc) is 3.04. The summed E-state index contributed by atoms with van der Waals surface area (Å²) in [7, 11) is 0. The summed E-state index contributed by atoms with van der Waals surface area (Å²) in [6.45, 7) is 0. The molecular formula is C20H16. The molecule has 20 heavy (non-hydrogen) atoms. The third-order valence-electron chi connectivity index (χ3n) is 5.00. The standard InChI is InChI=1S/C20H16/c1-3-7-17-13(5-1)11-15-9-10-16-12-14-6-2-4-8-18(14)20(16)19(15)17/h1,3-5,7-10H,2,6,11-12H2. The Bertz CT molecular complexity index is 803. The van der Waals surface area contributed by atoms with E-state index in [-0.39, 0.29) is 0 Å². The molecule has 0 aliphatic heterocycles. The summed E-state index contributed by atoms with van der Waals surface area (Å²) >= 11 is 0. The van der Waals surface area contributed by atoms with Gasteiger partial charge in [-0.05, 0) is 64.6 Å². The number of allylic oxidation sites excluding steroid dienone is 4. The fraction of sp³-hybridized carbons (Fsp3) is 0.200. The van der Waals surface area contributed by atoms with Gasteiger partial charge in [-0.25, -0.2) is 0 Å². The summed E-state index contributed by atoms with van der Waals surface area (Å²) in [6, 6.07) is 13.6. The molecule has 2 aromatic carbocycles. The van der Waals surface area contributed by atoms with E-state index in [0.717, 1.165) is 6.42 Å². The molecule has 0 bridgehead atoms. The van der Waals surface area contributed by atoms with Crippen LogP contribution in [0.4, 0.5) is 0 Å². The van der Waals surface area contributed by atoms with Crippen molar-refractivity contribution in [3.05, 3.63) is 76.4 Å². The molecule has 0 spiro atoms. The van der Waals surface area contributed by atoms with Crippen LogP contribution in [-0.2, 0) is 12.8 Å². The van der Waals surface area contributed by atoms with Gasteiger partial charge in [0.2, 0.25) is 0 Å². The maximum atomic E-state index is 2.37. The zero-order valence-electron chi connectivity index (χ0n) is 11.4. The zero-order chi connectivity index (χ0) is 13.1. The van der Waals surface area contributed by atoms with Crippen LogP contribution in [0.2, 0.25) is 0 Å². The van der Waals surface area contributed by atoms with Crippen LogP contribution in [0.15, 0.2) is 54.1 Å². The van der Waals surface area contributed by atoms with E-state index in [1.807, 2.05) is 0 Å². The van der Waals surface area contributed by atoms with E-state index in [2.05, 4.69) is 48.6 Å². The molecule has 5 rings (SSSR count). The van der Waals surface area contributed by atoms with Crippen LogP contribution in [0.1, 0.15) is 35.1 Å². The molecule has 0 nitrogen and oxygen atoms in total. The van der Waals surface area contributed by atoms with E-state index in [0.29, 0.717) is 0 Å². The van der Waals surface area contributed by atoms with E-state index in [9.17, 15) is 0 Å². The van der Waals surface area contributed by atoms with Crippen LogP contribution >= 0.6 is 0 Å². The van der Waals surface area contributed by atoms with E-state index in [4.69, 9.17) is 0 Å². The monoisotopic (exact) mass is 256 g/mol. The number of hydrogen-bond acceptors (Lipinski definition) is 0. The van der Waals surface area contributed by atoms with Crippen molar-refractivity contribution in [3.8, 4) is 11.1 Å². The fourth-order valence-electron chi connectivity index (χ4n) is 4.11. The maximum Gasteiger partial charge on any atom is -0.00132 e. The number of rotatable bonds is 0. The Hall–Kier alpha value is -2.08. The molecule has 0 unspecified atom stereocenters. The first-order chi connectivity index (χ1) is 9.92. The van der Waals surface area contributed by atoms with Crippen LogP contribution in [0, 0.1) is 0 Å². The molecule has 2 aromatic rings. The molecule has 3 aliphatic rings. The summed E-state index contributed by atoms with van der Waals surface area (Å²) in [6.07, 6.45) is 9.44. The van der Waals surface area contributed by atoms with Crippen LogP contribution in [0.3, 0.4) is 0 Å². The van der Waals surface area contributed by atoms with Gasteiger partial charge in [-0.2, -0.15) is 0 Å². The topological polar surface area (TPSA) is 0 Å². The van der Waals surface area contributed by atoms with Gasteiger partial charge in [0, 0.05) is 0 Å². The third kappa shape index (κ3) is 1.27. The number of benzene rings is 2. The van der Waals surface area contributed by atoms with Crippen molar-refractivity contribution in [3.63, 3.8) is 0 Å². The molecule has 0 amide bonds. The molecule has 96 valence electrons. The number of fused-ring (bicyclic) bond motifs is 6. The first-order valence-corrected chi connectivity index (χ1v) is 7.54. The second-order valence-corrected chi connectivity index (χ2v) is 6.10. The van der Waals surface area contributed by atoms with Crippen molar-refractivity contribution in [2.45, 2.75) is 25.7 Å². The number of hydrogen-bond donors (Lipinski definition) is 0. The Morgan fingerprint density at radius 2 is 1.60 bits per heavy atom. The lowest BCUT2D eigenvalue weighted by molar-refractivity contribution is 0.935. The van der Waals surface area contributed by atoms with Crippen LogP contribution < -0.4 is 0 Å². The van der Waals surface area contributed by atoms with Crippen LogP contribution in [-0.4, -0.2) is 0 Å². The summed E-state index contributed by atoms with van der Waals surface area (Å²) in [5, 5.41) is 0. The van der Waals surface area contributed by atoms with Gasteiger partial charge < -0.3 is 0 Å². The quantitative estimate of drug-likeness (QED) is 0.535. The average molecular weight is 256 g/mol. The summed E-state index contributed by atoms with van der Waals surface area (Å²) in [5.41, 5.74) is 12.2. The second-order valence-electron chi connectivity index (χ2n) is 6.10. The highest BCUT2D eigenvalue weighted by Gasteiger charge is 2.29. The Labute approximate surface area is 119 Å². The van der Waals surface area contributed by atoms with Crippen molar-refractivity contribution in [2.75, 3.05) is 0 Å². The lowest BCUT2D eigenvalue weighted by Gasteiger charge is -2.12. The normalized spacial score (nSPS) is 17.8. The summed E-state index contributed by atoms with van der Waals surface area (Å²) in [5.74, 6) is 0. The Kier molecular flexibility index (Phi) is 1.99. The largest absolute Gasteiger partial charge is 0.0836 e. The predicted octanol–water partition coefficient (Wildman–Crippen LogP) is 4.92. The molecular weight excluding hydrogens is 240 g/mol. The van der Waals surface area contributed by atoms with Crippen LogP contribution in [0.25, 0.3) is 16.7 Å². The van der Waals surface area contributed by atoms with Gasteiger partial charge in [-0.3, -0.25) is 0 Å². The van der Waals surface area contributed by atoms with Crippen molar-refractivity contribution in [2.24, 2.45) is 0 Å². The smallest absolute Gasteiger partial charge is 0.00132 e. The van der Waals surface area contributed by atoms with Gasteiger partial charge in [-0.15, -0.1) is 0 Å². The predicted molar refractivity (Wildman–Crippen MR) is 83.7 cm³/mol. The molecule has 0 fully saturated rings. The first-order valence-electron chi connectivity index (χ1n) is 7.54. The molecule has 0 saturated heterocycles. The molecule has 0 saturated carbocycles. The van der Waals surface area contributed by atoms with Gasteiger partial charge in [0.1, 0.15) is 0 Å². The van der Waals surface area contributed by atoms with Crippen molar-refractivity contribution in [1.82, 2.24) is 0 Å². The SMILES string of the molecule is C1=CC2=C(CC1)Cc1ccc3c(c12)-c1ccccc1C3. The van der Waals surface area contributed by atoms with Crippen molar-refractivity contribution >= 4 is 5.57 Å². The summed E-state index contributed by atoms with van der Waals surface area (Å²) in [4.78, 5) is 0. The molecule has 0 heterocycles. The minimum absolute atomic E-state index is 1.10. The van der Waals surface area contributed by atoms with Gasteiger partial charge in [0.15, 0.2) is 0 Å². The Morgan fingerprint density at radius 3 is 2.55 bits per heavy atom.